The highest BCUT2D eigenvalue weighted by Gasteiger charge is 2.36. The number of ether oxygens (including phenoxy) is 1. The van der Waals surface area contributed by atoms with E-state index in [1.165, 1.54) is 11.9 Å². The van der Waals surface area contributed by atoms with E-state index in [1.54, 1.807) is 4.68 Å². The topological polar surface area (TPSA) is 69.0 Å². The van der Waals surface area contributed by atoms with Gasteiger partial charge in [-0.3, -0.25) is 0 Å². The van der Waals surface area contributed by atoms with Crippen LogP contribution in [0.2, 0.25) is 0 Å². The number of benzene rings is 2. The number of hydrogen-bond donors (Lipinski definition) is 1. The van der Waals surface area contributed by atoms with E-state index in [9.17, 15) is 4.79 Å². The molecule has 148 valence electrons. The number of nitrogens with zero attached hydrogens (tertiary/aromatic N) is 3. The highest BCUT2D eigenvalue weighted by Crippen LogP contribution is 2.39. The molecule has 3 aromatic rings. The number of aromatic nitrogens is 3. The molecule has 0 aliphatic carbocycles. The van der Waals surface area contributed by atoms with Crippen molar-refractivity contribution in [1.29, 1.82) is 0 Å². The first kappa shape index (κ1) is 18.9. The number of nitrogens with one attached hydrogen (secondary N) is 1. The average Bonchev–Trinajstić information content (AvgIpc) is 3.21. The zero-order valence-electron chi connectivity index (χ0n) is 16.8. The molecule has 0 saturated carbocycles. The fourth-order valence-electron chi connectivity index (χ4n) is 3.59. The van der Waals surface area contributed by atoms with Crippen LogP contribution in [-0.2, 0) is 9.53 Å². The SMILES string of the molecule is CCOC(=O)C1=C(c2ccccc2)Nc2ncnn2[C@@H]1c1ccc(C(C)C)cc1. The molecule has 29 heavy (non-hydrogen) atoms. The molecule has 0 saturated heterocycles. The zero-order chi connectivity index (χ0) is 20.4. The molecule has 1 aliphatic heterocycles. The number of hydrogen-bond acceptors (Lipinski definition) is 5. The van der Waals surface area contributed by atoms with Gasteiger partial charge in [0.2, 0.25) is 5.95 Å². The smallest absolute Gasteiger partial charge is 0.338 e. The molecule has 1 aliphatic rings. The van der Waals surface area contributed by atoms with Gasteiger partial charge in [-0.1, -0.05) is 68.4 Å². The molecule has 2 heterocycles. The maximum Gasteiger partial charge on any atom is 0.338 e. The first-order valence-electron chi connectivity index (χ1n) is 9.83. The largest absolute Gasteiger partial charge is 0.463 e. The molecule has 6 nitrogen and oxygen atoms in total. The first-order chi connectivity index (χ1) is 14.1. The van der Waals surface area contributed by atoms with Gasteiger partial charge in [-0.25, -0.2) is 9.48 Å². The van der Waals surface area contributed by atoms with Crippen molar-refractivity contribution in [2.45, 2.75) is 32.7 Å². The minimum atomic E-state index is -0.427. The maximum absolute atomic E-state index is 13.1. The third-order valence-electron chi connectivity index (χ3n) is 5.07. The lowest BCUT2D eigenvalue weighted by Crippen LogP contribution is -2.30. The molecule has 0 amide bonds. The van der Waals surface area contributed by atoms with E-state index in [0.717, 1.165) is 11.1 Å². The van der Waals surface area contributed by atoms with Crippen LogP contribution in [0.1, 0.15) is 49.4 Å². The Balaban J connectivity index is 1.91. The Morgan fingerprint density at radius 2 is 1.86 bits per heavy atom. The summed E-state index contributed by atoms with van der Waals surface area (Å²) < 4.78 is 7.18. The zero-order valence-corrected chi connectivity index (χ0v) is 16.8. The molecule has 1 atom stereocenters. The highest BCUT2D eigenvalue weighted by atomic mass is 16.5. The van der Waals surface area contributed by atoms with Crippen LogP contribution in [0.25, 0.3) is 5.70 Å². The monoisotopic (exact) mass is 388 g/mol. The molecular formula is C23H24N4O2. The second-order valence-electron chi connectivity index (χ2n) is 7.25. The van der Waals surface area contributed by atoms with Crippen LogP contribution in [-0.4, -0.2) is 27.3 Å². The van der Waals surface area contributed by atoms with Crippen LogP contribution in [0.3, 0.4) is 0 Å². The van der Waals surface area contributed by atoms with Gasteiger partial charge in [-0.05, 0) is 29.5 Å². The molecule has 1 aromatic heterocycles. The molecule has 0 bridgehead atoms. The number of rotatable bonds is 5. The highest BCUT2D eigenvalue weighted by molar-refractivity contribution is 6.02. The second-order valence-corrected chi connectivity index (χ2v) is 7.25. The van der Waals surface area contributed by atoms with E-state index in [-0.39, 0.29) is 5.97 Å². The Kier molecular flexibility index (Phi) is 5.16. The van der Waals surface area contributed by atoms with E-state index in [4.69, 9.17) is 4.74 Å². The van der Waals surface area contributed by atoms with Crippen molar-refractivity contribution < 1.29 is 9.53 Å². The summed E-state index contributed by atoms with van der Waals surface area (Å²) in [6, 6.07) is 17.6. The predicted octanol–water partition coefficient (Wildman–Crippen LogP) is 4.39. The Labute approximate surface area is 170 Å². The van der Waals surface area contributed by atoms with Gasteiger partial charge >= 0.3 is 5.97 Å². The van der Waals surface area contributed by atoms with E-state index in [2.05, 4.69) is 53.5 Å². The van der Waals surface area contributed by atoms with Crippen LogP contribution >= 0.6 is 0 Å². The van der Waals surface area contributed by atoms with E-state index in [1.807, 2.05) is 37.3 Å². The summed E-state index contributed by atoms with van der Waals surface area (Å²) in [7, 11) is 0. The summed E-state index contributed by atoms with van der Waals surface area (Å²) in [5, 5.41) is 7.67. The van der Waals surface area contributed by atoms with E-state index >= 15 is 0 Å². The molecule has 4 rings (SSSR count). The number of fused-ring (bicyclic) bond motifs is 1. The third-order valence-corrected chi connectivity index (χ3v) is 5.07. The molecule has 2 aromatic carbocycles. The quantitative estimate of drug-likeness (QED) is 0.657. The van der Waals surface area contributed by atoms with Crippen LogP contribution in [0.5, 0.6) is 0 Å². The Morgan fingerprint density at radius 3 is 2.52 bits per heavy atom. The molecule has 0 spiro atoms. The maximum atomic E-state index is 13.1. The standard InChI is InChI=1S/C23H24N4O2/c1-4-29-22(28)19-20(17-8-6-5-7-9-17)26-23-24-14-25-27(23)21(19)18-12-10-16(11-13-18)15(2)3/h5-15,21H,4H2,1-3H3,(H,24,25,26)/t21-/m1/s1. The molecule has 0 unspecified atom stereocenters. The van der Waals surface area contributed by atoms with Crippen molar-refractivity contribution in [3.05, 3.63) is 83.2 Å². The molecule has 0 radical (unpaired) electrons. The van der Waals surface area contributed by atoms with Gasteiger partial charge in [-0.15, -0.1) is 0 Å². The summed E-state index contributed by atoms with van der Waals surface area (Å²) in [4.78, 5) is 17.4. The molecule has 6 heteroatoms. The summed E-state index contributed by atoms with van der Waals surface area (Å²) in [6.07, 6.45) is 1.49. The number of carbonyl (C=O) groups excluding carboxylic acids is 1. The summed E-state index contributed by atoms with van der Waals surface area (Å²) in [6.45, 7) is 6.43. The Bertz CT molecular complexity index is 1040. The predicted molar refractivity (Wildman–Crippen MR) is 112 cm³/mol. The summed E-state index contributed by atoms with van der Waals surface area (Å²) >= 11 is 0. The third kappa shape index (κ3) is 3.53. The normalized spacial score (nSPS) is 15.8. The second kappa shape index (κ2) is 7.91. The van der Waals surface area contributed by atoms with Gasteiger partial charge in [0.05, 0.1) is 17.9 Å². The van der Waals surface area contributed by atoms with Gasteiger partial charge in [0.15, 0.2) is 0 Å². The van der Waals surface area contributed by atoms with Gasteiger partial charge in [0, 0.05) is 0 Å². The van der Waals surface area contributed by atoms with Crippen molar-refractivity contribution in [3.63, 3.8) is 0 Å². The summed E-state index contributed by atoms with van der Waals surface area (Å²) in [5.74, 6) is 0.659. The van der Waals surface area contributed by atoms with Crippen molar-refractivity contribution in [3.8, 4) is 0 Å². The van der Waals surface area contributed by atoms with Crippen molar-refractivity contribution >= 4 is 17.6 Å². The molecular weight excluding hydrogens is 364 g/mol. The lowest BCUT2D eigenvalue weighted by atomic mass is 9.91. The van der Waals surface area contributed by atoms with Crippen molar-refractivity contribution in [2.24, 2.45) is 0 Å². The van der Waals surface area contributed by atoms with Gasteiger partial charge in [0.1, 0.15) is 12.4 Å². The lowest BCUT2D eigenvalue weighted by molar-refractivity contribution is -0.138. The van der Waals surface area contributed by atoms with Crippen molar-refractivity contribution in [1.82, 2.24) is 14.8 Å². The van der Waals surface area contributed by atoms with Gasteiger partial charge in [-0.2, -0.15) is 10.1 Å². The van der Waals surface area contributed by atoms with Crippen LogP contribution in [0.15, 0.2) is 66.5 Å². The molecule has 0 fully saturated rings. The fraction of sp³-hybridized carbons (Fsp3) is 0.261. The fourth-order valence-corrected chi connectivity index (χ4v) is 3.59. The van der Waals surface area contributed by atoms with E-state index < -0.39 is 6.04 Å². The Hall–Kier alpha value is -3.41. The minimum Gasteiger partial charge on any atom is -0.463 e. The van der Waals surface area contributed by atoms with Gasteiger partial charge < -0.3 is 10.1 Å². The van der Waals surface area contributed by atoms with Crippen LogP contribution in [0, 0.1) is 0 Å². The van der Waals surface area contributed by atoms with Crippen molar-refractivity contribution in [2.75, 3.05) is 11.9 Å². The summed E-state index contributed by atoms with van der Waals surface area (Å²) in [5.41, 5.74) is 4.31. The van der Waals surface area contributed by atoms with Crippen LogP contribution < -0.4 is 5.32 Å². The van der Waals surface area contributed by atoms with Crippen LogP contribution in [0.4, 0.5) is 5.95 Å². The lowest BCUT2D eigenvalue weighted by Gasteiger charge is -2.29. The minimum absolute atomic E-state index is 0.299. The first-order valence-corrected chi connectivity index (χ1v) is 9.83. The number of esters is 1. The van der Waals surface area contributed by atoms with E-state index in [0.29, 0.717) is 29.7 Å². The Morgan fingerprint density at radius 1 is 1.14 bits per heavy atom. The molecule has 1 N–H and O–H groups in total. The number of anilines is 1. The number of carbonyl (C=O) groups is 1. The average molecular weight is 388 g/mol. The van der Waals surface area contributed by atoms with Gasteiger partial charge in [0.25, 0.3) is 0 Å².